The Morgan fingerprint density at radius 2 is 2.00 bits per heavy atom. The van der Waals surface area contributed by atoms with E-state index in [-0.39, 0.29) is 10.7 Å². The van der Waals surface area contributed by atoms with Gasteiger partial charge in [-0.1, -0.05) is 23.2 Å². The molecule has 0 aliphatic rings. The van der Waals surface area contributed by atoms with Gasteiger partial charge in [-0.05, 0) is 29.8 Å². The Hall–Kier alpha value is -2.29. The summed E-state index contributed by atoms with van der Waals surface area (Å²) in [6.45, 7) is 0.325. The van der Waals surface area contributed by atoms with Crippen molar-refractivity contribution >= 4 is 34.6 Å². The molecule has 0 aliphatic heterocycles. The zero-order valence-corrected chi connectivity index (χ0v) is 12.1. The monoisotopic (exact) mass is 321 g/mol. The van der Waals surface area contributed by atoms with Crippen molar-refractivity contribution < 1.29 is 4.92 Å². The largest absolute Gasteiger partial charge is 0.380 e. The molecule has 0 atom stereocenters. The minimum Gasteiger partial charge on any atom is -0.380 e. The van der Waals surface area contributed by atoms with Gasteiger partial charge in [0.05, 0.1) is 21.2 Å². The van der Waals surface area contributed by atoms with E-state index in [0.29, 0.717) is 28.4 Å². The van der Waals surface area contributed by atoms with E-state index in [1.807, 2.05) is 0 Å². The van der Waals surface area contributed by atoms with Crippen LogP contribution in [0.1, 0.15) is 11.1 Å². The number of nitrogens with one attached hydrogen (secondary N) is 1. The molecule has 2 aromatic rings. The van der Waals surface area contributed by atoms with Crippen molar-refractivity contribution in [2.75, 3.05) is 5.32 Å². The van der Waals surface area contributed by atoms with Crippen LogP contribution in [-0.2, 0) is 6.54 Å². The fraction of sp³-hybridized carbons (Fsp3) is 0.0714. The fourth-order valence-electron chi connectivity index (χ4n) is 1.74. The van der Waals surface area contributed by atoms with Crippen LogP contribution in [0.5, 0.6) is 0 Å². The van der Waals surface area contributed by atoms with Crippen LogP contribution in [0.15, 0.2) is 36.4 Å². The molecule has 5 nitrogen and oxygen atoms in total. The van der Waals surface area contributed by atoms with E-state index >= 15 is 0 Å². The molecular formula is C14H9Cl2N3O2. The van der Waals surface area contributed by atoms with E-state index in [9.17, 15) is 10.1 Å². The lowest BCUT2D eigenvalue weighted by atomic mass is 10.1. The molecule has 2 rings (SSSR count). The van der Waals surface area contributed by atoms with Gasteiger partial charge in [-0.3, -0.25) is 10.1 Å². The Bertz CT molecular complexity index is 741. The minimum absolute atomic E-state index is 0.0655. The highest BCUT2D eigenvalue weighted by Gasteiger charge is 2.10. The van der Waals surface area contributed by atoms with Crippen molar-refractivity contribution in [2.45, 2.75) is 6.54 Å². The van der Waals surface area contributed by atoms with Gasteiger partial charge in [-0.2, -0.15) is 5.26 Å². The van der Waals surface area contributed by atoms with Crippen molar-refractivity contribution in [3.8, 4) is 6.07 Å². The predicted octanol–water partition coefficient (Wildman–Crippen LogP) is 4.39. The summed E-state index contributed by atoms with van der Waals surface area (Å²) in [5, 5.41) is 23.5. The zero-order chi connectivity index (χ0) is 15.4. The maximum absolute atomic E-state index is 10.6. The molecule has 0 spiro atoms. The summed E-state index contributed by atoms with van der Waals surface area (Å²) in [7, 11) is 0. The van der Waals surface area contributed by atoms with Gasteiger partial charge in [-0.25, -0.2) is 0 Å². The lowest BCUT2D eigenvalue weighted by Crippen LogP contribution is -2.02. The molecule has 0 saturated heterocycles. The van der Waals surface area contributed by atoms with E-state index in [0.717, 1.165) is 0 Å². The number of hydrogen-bond donors (Lipinski definition) is 1. The first-order chi connectivity index (χ1) is 10.0. The van der Waals surface area contributed by atoms with Crippen molar-refractivity contribution in [1.29, 1.82) is 5.26 Å². The fourth-order valence-corrected chi connectivity index (χ4v) is 2.16. The van der Waals surface area contributed by atoms with Crippen molar-refractivity contribution in [2.24, 2.45) is 0 Å². The molecule has 0 unspecified atom stereocenters. The number of rotatable bonds is 4. The number of non-ortho nitro benzene ring substituents is 1. The highest BCUT2D eigenvalue weighted by atomic mass is 35.5. The third-order valence-electron chi connectivity index (χ3n) is 2.82. The third kappa shape index (κ3) is 3.63. The summed E-state index contributed by atoms with van der Waals surface area (Å²) < 4.78 is 0. The number of nitro benzene ring substituents is 1. The Labute approximate surface area is 130 Å². The minimum atomic E-state index is -0.506. The molecule has 7 heteroatoms. The number of halogens is 2. The van der Waals surface area contributed by atoms with Crippen LogP contribution in [0.4, 0.5) is 11.4 Å². The quantitative estimate of drug-likeness (QED) is 0.669. The molecule has 0 radical (unpaired) electrons. The zero-order valence-electron chi connectivity index (χ0n) is 10.6. The first-order valence-electron chi connectivity index (χ1n) is 5.87. The van der Waals surface area contributed by atoms with Gasteiger partial charge in [0.25, 0.3) is 5.69 Å². The summed E-state index contributed by atoms with van der Waals surface area (Å²) in [5.74, 6) is 0. The smallest absolute Gasteiger partial charge is 0.270 e. The normalized spacial score (nSPS) is 9.95. The van der Waals surface area contributed by atoms with Gasteiger partial charge >= 0.3 is 0 Å². The number of benzene rings is 2. The van der Waals surface area contributed by atoms with E-state index in [2.05, 4.69) is 11.4 Å². The predicted molar refractivity (Wildman–Crippen MR) is 81.6 cm³/mol. The average Bonchev–Trinajstić information content (AvgIpc) is 2.46. The van der Waals surface area contributed by atoms with E-state index < -0.39 is 4.92 Å². The van der Waals surface area contributed by atoms with Gasteiger partial charge in [0, 0.05) is 23.7 Å². The molecule has 0 saturated carbocycles. The molecule has 0 aliphatic carbocycles. The van der Waals surface area contributed by atoms with Gasteiger partial charge in [0.2, 0.25) is 0 Å². The van der Waals surface area contributed by atoms with E-state index in [4.69, 9.17) is 28.5 Å². The summed E-state index contributed by atoms with van der Waals surface area (Å²) in [4.78, 5) is 10.1. The van der Waals surface area contributed by atoms with Gasteiger partial charge in [0.1, 0.15) is 6.07 Å². The van der Waals surface area contributed by atoms with E-state index in [1.54, 1.807) is 24.3 Å². The molecule has 1 N–H and O–H groups in total. The average molecular weight is 322 g/mol. The summed E-state index contributed by atoms with van der Waals surface area (Å²) in [6, 6.07) is 11.2. The van der Waals surface area contributed by atoms with Gasteiger partial charge in [0.15, 0.2) is 0 Å². The maximum atomic E-state index is 10.6. The number of nitro groups is 1. The molecule has 0 amide bonds. The molecule has 0 bridgehead atoms. The van der Waals surface area contributed by atoms with Crippen molar-refractivity contribution in [1.82, 2.24) is 0 Å². The standard InChI is InChI=1S/C14H9Cl2N3O2/c15-11-3-1-9(7-17)14(5-11)18-8-10-2-4-12(19(20)21)6-13(10)16/h1-6,18H,8H2. The Morgan fingerprint density at radius 3 is 2.62 bits per heavy atom. The Balaban J connectivity index is 2.19. The summed E-state index contributed by atoms with van der Waals surface area (Å²) in [6.07, 6.45) is 0. The lowest BCUT2D eigenvalue weighted by molar-refractivity contribution is -0.384. The molecule has 106 valence electrons. The van der Waals surface area contributed by atoms with Crippen LogP contribution >= 0.6 is 23.2 Å². The third-order valence-corrected chi connectivity index (χ3v) is 3.41. The first-order valence-corrected chi connectivity index (χ1v) is 6.63. The highest BCUT2D eigenvalue weighted by Crippen LogP contribution is 2.25. The molecule has 2 aromatic carbocycles. The number of hydrogen-bond acceptors (Lipinski definition) is 4. The second kappa shape index (κ2) is 6.44. The van der Waals surface area contributed by atoms with Gasteiger partial charge in [-0.15, -0.1) is 0 Å². The second-order valence-corrected chi connectivity index (χ2v) is 5.03. The van der Waals surface area contributed by atoms with Crippen LogP contribution in [0.25, 0.3) is 0 Å². The Kier molecular flexibility index (Phi) is 4.63. The molecule has 21 heavy (non-hydrogen) atoms. The van der Waals surface area contributed by atoms with Crippen molar-refractivity contribution in [3.63, 3.8) is 0 Å². The van der Waals surface area contributed by atoms with Crippen LogP contribution < -0.4 is 5.32 Å². The number of nitrogens with zero attached hydrogens (tertiary/aromatic N) is 2. The van der Waals surface area contributed by atoms with Crippen LogP contribution in [0.2, 0.25) is 10.0 Å². The highest BCUT2D eigenvalue weighted by molar-refractivity contribution is 6.31. The van der Waals surface area contributed by atoms with Gasteiger partial charge < -0.3 is 5.32 Å². The van der Waals surface area contributed by atoms with Crippen LogP contribution in [0.3, 0.4) is 0 Å². The maximum Gasteiger partial charge on any atom is 0.270 e. The lowest BCUT2D eigenvalue weighted by Gasteiger charge is -2.10. The summed E-state index contributed by atoms with van der Waals surface area (Å²) in [5.41, 5.74) is 1.66. The van der Waals surface area contributed by atoms with Crippen LogP contribution in [-0.4, -0.2) is 4.92 Å². The molecule has 0 aromatic heterocycles. The summed E-state index contributed by atoms with van der Waals surface area (Å²) >= 11 is 11.9. The first kappa shape index (κ1) is 15.1. The number of anilines is 1. The molecule has 0 fully saturated rings. The molecular weight excluding hydrogens is 313 g/mol. The number of nitriles is 1. The van der Waals surface area contributed by atoms with Crippen LogP contribution in [0, 0.1) is 21.4 Å². The second-order valence-electron chi connectivity index (χ2n) is 4.19. The van der Waals surface area contributed by atoms with E-state index in [1.165, 1.54) is 12.1 Å². The van der Waals surface area contributed by atoms with Crippen molar-refractivity contribution in [3.05, 3.63) is 67.7 Å². The topological polar surface area (TPSA) is 79.0 Å². The molecule has 0 heterocycles. The SMILES string of the molecule is N#Cc1ccc(Cl)cc1NCc1ccc([N+](=O)[O-])cc1Cl. The Morgan fingerprint density at radius 1 is 1.24 bits per heavy atom.